The van der Waals surface area contributed by atoms with Crippen LogP contribution >= 0.6 is 11.3 Å². The molecule has 0 radical (unpaired) electrons. The van der Waals surface area contributed by atoms with Gasteiger partial charge in [0, 0.05) is 41.3 Å². The van der Waals surface area contributed by atoms with Crippen LogP contribution in [-0.4, -0.2) is 26.7 Å². The number of aromatic nitrogens is 4. The highest BCUT2D eigenvalue weighted by Crippen LogP contribution is 2.26. The Morgan fingerprint density at radius 3 is 2.74 bits per heavy atom. The molecule has 3 aromatic rings. The monoisotopic (exact) mass is 384 g/mol. The van der Waals surface area contributed by atoms with Crippen molar-refractivity contribution in [3.05, 3.63) is 65.3 Å². The smallest absolute Gasteiger partial charge is 0.148 e. The van der Waals surface area contributed by atoms with Crippen LogP contribution in [-0.2, 0) is 11.8 Å². The van der Waals surface area contributed by atoms with Crippen molar-refractivity contribution < 1.29 is 4.39 Å². The Morgan fingerprint density at radius 2 is 2.07 bits per heavy atom. The SMILES string of the molecule is C=C(N)Cc1cnc(-c2ccc(NCC(C)(C)c3ncccc3F)nn2)s1. The van der Waals surface area contributed by atoms with Gasteiger partial charge in [0.1, 0.15) is 22.3 Å². The molecule has 0 atom stereocenters. The predicted molar refractivity (Wildman–Crippen MR) is 106 cm³/mol. The van der Waals surface area contributed by atoms with E-state index in [2.05, 4.69) is 32.1 Å². The van der Waals surface area contributed by atoms with Gasteiger partial charge in [0.2, 0.25) is 0 Å². The summed E-state index contributed by atoms with van der Waals surface area (Å²) < 4.78 is 14.0. The molecular formula is C19H21FN6S. The minimum absolute atomic E-state index is 0.314. The summed E-state index contributed by atoms with van der Waals surface area (Å²) in [5.74, 6) is 0.292. The fourth-order valence-electron chi connectivity index (χ4n) is 2.55. The van der Waals surface area contributed by atoms with Crippen LogP contribution in [0.2, 0.25) is 0 Å². The van der Waals surface area contributed by atoms with Crippen LogP contribution in [0.15, 0.2) is 48.9 Å². The zero-order chi connectivity index (χ0) is 19.4. The van der Waals surface area contributed by atoms with Crippen molar-refractivity contribution in [3.63, 3.8) is 0 Å². The summed E-state index contributed by atoms with van der Waals surface area (Å²) in [6.07, 6.45) is 3.97. The number of pyridine rings is 1. The second kappa shape index (κ2) is 7.79. The van der Waals surface area contributed by atoms with E-state index in [0.29, 0.717) is 35.9 Å². The minimum atomic E-state index is -0.499. The van der Waals surface area contributed by atoms with Gasteiger partial charge in [0.25, 0.3) is 0 Å². The van der Waals surface area contributed by atoms with Gasteiger partial charge in [0.05, 0.1) is 5.69 Å². The number of hydrogen-bond donors (Lipinski definition) is 2. The van der Waals surface area contributed by atoms with Crippen LogP contribution in [0.5, 0.6) is 0 Å². The molecule has 6 nitrogen and oxygen atoms in total. The molecule has 0 aliphatic heterocycles. The lowest BCUT2D eigenvalue weighted by molar-refractivity contribution is 0.485. The molecule has 0 spiro atoms. The van der Waals surface area contributed by atoms with Crippen molar-refractivity contribution in [3.8, 4) is 10.7 Å². The highest BCUT2D eigenvalue weighted by Gasteiger charge is 2.25. The Morgan fingerprint density at radius 1 is 1.26 bits per heavy atom. The van der Waals surface area contributed by atoms with E-state index in [1.54, 1.807) is 18.5 Å². The second-order valence-electron chi connectivity index (χ2n) is 6.84. The van der Waals surface area contributed by atoms with Gasteiger partial charge in [0.15, 0.2) is 0 Å². The predicted octanol–water partition coefficient (Wildman–Crippen LogP) is 3.54. The van der Waals surface area contributed by atoms with Gasteiger partial charge in [-0.25, -0.2) is 9.37 Å². The van der Waals surface area contributed by atoms with Crippen molar-refractivity contribution in [2.75, 3.05) is 11.9 Å². The van der Waals surface area contributed by atoms with Crippen LogP contribution in [0.3, 0.4) is 0 Å². The van der Waals surface area contributed by atoms with Crippen LogP contribution in [0.4, 0.5) is 10.2 Å². The maximum Gasteiger partial charge on any atom is 0.148 e. The lowest BCUT2D eigenvalue weighted by atomic mass is 9.88. The van der Waals surface area contributed by atoms with Crippen LogP contribution in [0.25, 0.3) is 10.7 Å². The molecule has 0 unspecified atom stereocenters. The Bertz CT molecular complexity index is 935. The van der Waals surface area contributed by atoms with Crippen molar-refractivity contribution >= 4 is 17.2 Å². The minimum Gasteiger partial charge on any atom is -0.402 e. The number of hydrogen-bond acceptors (Lipinski definition) is 7. The molecule has 3 heterocycles. The molecular weight excluding hydrogens is 363 g/mol. The molecule has 8 heteroatoms. The lowest BCUT2D eigenvalue weighted by Gasteiger charge is -2.24. The molecule has 3 rings (SSSR count). The number of allylic oxidation sites excluding steroid dienone is 1. The largest absolute Gasteiger partial charge is 0.402 e. The summed E-state index contributed by atoms with van der Waals surface area (Å²) in [4.78, 5) is 9.55. The van der Waals surface area contributed by atoms with Gasteiger partial charge in [-0.1, -0.05) is 20.4 Å². The average Bonchev–Trinajstić information content (AvgIpc) is 3.08. The molecule has 0 fully saturated rings. The van der Waals surface area contributed by atoms with E-state index < -0.39 is 5.41 Å². The summed E-state index contributed by atoms with van der Waals surface area (Å²) in [7, 11) is 0. The zero-order valence-corrected chi connectivity index (χ0v) is 16.1. The third-order valence-electron chi connectivity index (χ3n) is 3.95. The second-order valence-corrected chi connectivity index (χ2v) is 7.96. The maximum atomic E-state index is 14.0. The third-order valence-corrected chi connectivity index (χ3v) is 4.97. The number of rotatable bonds is 7. The Labute approximate surface area is 161 Å². The lowest BCUT2D eigenvalue weighted by Crippen LogP contribution is -2.30. The molecule has 0 saturated carbocycles. The number of nitrogens with one attached hydrogen (secondary N) is 1. The molecule has 0 bridgehead atoms. The van der Waals surface area contributed by atoms with Crippen molar-refractivity contribution in [2.24, 2.45) is 5.73 Å². The first-order valence-corrected chi connectivity index (χ1v) is 9.24. The van der Waals surface area contributed by atoms with Gasteiger partial charge in [-0.3, -0.25) is 4.98 Å². The molecule has 0 aliphatic rings. The van der Waals surface area contributed by atoms with Crippen molar-refractivity contribution in [1.29, 1.82) is 0 Å². The highest BCUT2D eigenvalue weighted by atomic mass is 32.1. The zero-order valence-electron chi connectivity index (χ0n) is 15.2. The summed E-state index contributed by atoms with van der Waals surface area (Å²) in [6.45, 7) is 8.02. The number of anilines is 1. The first-order valence-electron chi connectivity index (χ1n) is 8.42. The molecule has 140 valence electrons. The third kappa shape index (κ3) is 4.65. The van der Waals surface area contributed by atoms with Gasteiger partial charge < -0.3 is 11.1 Å². The number of nitrogens with zero attached hydrogens (tertiary/aromatic N) is 4. The summed E-state index contributed by atoms with van der Waals surface area (Å²) in [6, 6.07) is 6.68. The first-order chi connectivity index (χ1) is 12.8. The fourth-order valence-corrected chi connectivity index (χ4v) is 3.48. The molecule has 0 amide bonds. The van der Waals surface area contributed by atoms with E-state index in [9.17, 15) is 4.39 Å². The molecule has 3 aromatic heterocycles. The van der Waals surface area contributed by atoms with E-state index in [4.69, 9.17) is 5.73 Å². The molecule has 0 aromatic carbocycles. The maximum absolute atomic E-state index is 14.0. The topological polar surface area (TPSA) is 89.6 Å². The van der Waals surface area contributed by atoms with E-state index in [1.165, 1.54) is 17.4 Å². The van der Waals surface area contributed by atoms with Crippen molar-refractivity contribution in [1.82, 2.24) is 20.2 Å². The van der Waals surface area contributed by atoms with Gasteiger partial charge in [-0.05, 0) is 24.3 Å². The normalized spacial score (nSPS) is 11.4. The van der Waals surface area contributed by atoms with Crippen LogP contribution in [0, 0.1) is 5.82 Å². The van der Waals surface area contributed by atoms with Crippen LogP contribution < -0.4 is 11.1 Å². The van der Waals surface area contributed by atoms with E-state index in [1.807, 2.05) is 26.0 Å². The molecule has 27 heavy (non-hydrogen) atoms. The standard InChI is InChI=1S/C19H21FN6S/c1-12(21)9-13-10-23-18(27-13)15-6-7-16(26-25-15)24-11-19(2,3)17-14(20)5-4-8-22-17/h4-8,10H,1,9,11,21H2,2-3H3,(H,24,26). The number of thiazole rings is 1. The number of nitrogens with two attached hydrogens (primary N) is 1. The van der Waals surface area contributed by atoms with Crippen molar-refractivity contribution in [2.45, 2.75) is 25.7 Å². The summed E-state index contributed by atoms with van der Waals surface area (Å²) in [5, 5.41) is 12.4. The summed E-state index contributed by atoms with van der Waals surface area (Å²) >= 11 is 1.51. The quantitative estimate of drug-likeness (QED) is 0.648. The fraction of sp³-hybridized carbons (Fsp3) is 0.263. The molecule has 0 aliphatic carbocycles. The Hall–Kier alpha value is -2.87. The average molecular weight is 384 g/mol. The van der Waals surface area contributed by atoms with E-state index >= 15 is 0 Å². The summed E-state index contributed by atoms with van der Waals surface area (Å²) in [5.41, 5.74) is 6.84. The van der Waals surface area contributed by atoms with Gasteiger partial charge in [-0.2, -0.15) is 0 Å². The van der Waals surface area contributed by atoms with Crippen LogP contribution in [0.1, 0.15) is 24.4 Å². The van der Waals surface area contributed by atoms with E-state index in [-0.39, 0.29) is 5.82 Å². The first kappa shape index (κ1) is 18.9. The number of halogens is 1. The Kier molecular flexibility index (Phi) is 5.46. The van der Waals surface area contributed by atoms with Gasteiger partial charge >= 0.3 is 0 Å². The van der Waals surface area contributed by atoms with E-state index in [0.717, 1.165) is 9.88 Å². The Balaban J connectivity index is 1.66. The van der Waals surface area contributed by atoms with Gasteiger partial charge in [-0.15, -0.1) is 21.5 Å². The molecule has 0 saturated heterocycles. The highest BCUT2D eigenvalue weighted by molar-refractivity contribution is 7.15. The molecule has 3 N–H and O–H groups in total.